The average Bonchev–Trinajstić information content (AvgIpc) is 3.00. The minimum atomic E-state index is 0.836. The summed E-state index contributed by atoms with van der Waals surface area (Å²) in [6, 6.07) is 14.2. The van der Waals surface area contributed by atoms with Crippen LogP contribution in [-0.4, -0.2) is 15.0 Å². The normalized spacial score (nSPS) is 10.9. The monoisotopic (exact) mass is 247 g/mol. The summed E-state index contributed by atoms with van der Waals surface area (Å²) in [5.41, 5.74) is 3.17. The van der Waals surface area contributed by atoms with Crippen molar-refractivity contribution in [3.05, 3.63) is 72.4 Å². The number of nitrogens with one attached hydrogen (secondary N) is 1. The van der Waals surface area contributed by atoms with Crippen molar-refractivity contribution in [1.29, 1.82) is 0 Å². The zero-order chi connectivity index (χ0) is 12.9. The topological polar surface area (TPSA) is 41.6 Å². The predicted octanol–water partition coefficient (Wildman–Crippen LogP) is 3.64. The first-order chi connectivity index (χ1) is 9.43. The molecule has 0 saturated heterocycles. The molecular weight excluding hydrogens is 234 g/mol. The number of H-pyrrole nitrogens is 1. The van der Waals surface area contributed by atoms with Gasteiger partial charge in [-0.05, 0) is 18.2 Å². The van der Waals surface area contributed by atoms with Gasteiger partial charge in [-0.3, -0.25) is 4.98 Å². The van der Waals surface area contributed by atoms with E-state index in [1.54, 1.807) is 12.4 Å². The van der Waals surface area contributed by atoms with Crippen LogP contribution in [0.3, 0.4) is 0 Å². The van der Waals surface area contributed by atoms with Crippen molar-refractivity contribution in [1.82, 2.24) is 15.0 Å². The van der Waals surface area contributed by atoms with Gasteiger partial charge in [-0.15, -0.1) is 0 Å². The van der Waals surface area contributed by atoms with Gasteiger partial charge in [0.25, 0.3) is 0 Å². The Morgan fingerprint density at radius 2 is 1.74 bits per heavy atom. The maximum atomic E-state index is 4.47. The van der Waals surface area contributed by atoms with Gasteiger partial charge in [0.1, 0.15) is 5.82 Å². The number of imidazole rings is 1. The summed E-state index contributed by atoms with van der Waals surface area (Å²) in [7, 11) is 0. The number of hydrogen-bond donors (Lipinski definition) is 1. The maximum Gasteiger partial charge on any atom is 0.129 e. The van der Waals surface area contributed by atoms with Gasteiger partial charge in [0.2, 0.25) is 0 Å². The second kappa shape index (κ2) is 5.31. The molecule has 0 spiro atoms. The Hall–Kier alpha value is -2.68. The first-order valence-electron chi connectivity index (χ1n) is 6.11. The lowest BCUT2D eigenvalue weighted by Gasteiger charge is -2.04. The van der Waals surface area contributed by atoms with E-state index in [1.807, 2.05) is 42.6 Å². The van der Waals surface area contributed by atoms with Gasteiger partial charge in [-0.1, -0.05) is 36.4 Å². The Bertz CT molecular complexity index is 670. The van der Waals surface area contributed by atoms with E-state index in [1.165, 1.54) is 0 Å². The fraction of sp³-hybridized carbons (Fsp3) is 0. The lowest BCUT2D eigenvalue weighted by molar-refractivity contribution is 1.27. The molecule has 3 heteroatoms. The SMILES string of the molecule is C(=Cc1cccnc1-c1ccccc1)c1ncc[nH]1. The van der Waals surface area contributed by atoms with Crippen LogP contribution in [0.15, 0.2) is 61.1 Å². The zero-order valence-electron chi connectivity index (χ0n) is 10.3. The van der Waals surface area contributed by atoms with Gasteiger partial charge < -0.3 is 4.98 Å². The molecule has 0 atom stereocenters. The first kappa shape index (κ1) is 11.4. The standard InChI is InChI=1S/C16H13N3/c1-2-5-13(6-3-1)16-14(7-4-10-19-16)8-9-15-17-11-12-18-15/h1-12H,(H,17,18). The number of benzene rings is 1. The summed E-state index contributed by atoms with van der Waals surface area (Å²) in [5, 5.41) is 0. The Morgan fingerprint density at radius 1 is 0.842 bits per heavy atom. The summed E-state index contributed by atoms with van der Waals surface area (Å²) in [6.45, 7) is 0. The minimum Gasteiger partial charge on any atom is -0.345 e. The van der Waals surface area contributed by atoms with E-state index in [4.69, 9.17) is 0 Å². The Labute approximate surface area is 111 Å². The molecule has 1 aromatic carbocycles. The third-order valence-corrected chi connectivity index (χ3v) is 2.83. The molecule has 2 heterocycles. The molecule has 3 rings (SSSR count). The summed E-state index contributed by atoms with van der Waals surface area (Å²) in [6.07, 6.45) is 9.33. The van der Waals surface area contributed by atoms with Crippen LogP contribution >= 0.6 is 0 Å². The molecule has 2 aromatic heterocycles. The molecule has 1 N–H and O–H groups in total. The smallest absolute Gasteiger partial charge is 0.129 e. The number of rotatable bonds is 3. The zero-order valence-corrected chi connectivity index (χ0v) is 10.3. The van der Waals surface area contributed by atoms with E-state index in [9.17, 15) is 0 Å². The maximum absolute atomic E-state index is 4.47. The van der Waals surface area contributed by atoms with Crippen LogP contribution in [0.1, 0.15) is 11.4 Å². The van der Waals surface area contributed by atoms with Crippen LogP contribution in [0.4, 0.5) is 0 Å². The molecule has 0 radical (unpaired) electrons. The number of aromatic nitrogens is 3. The minimum absolute atomic E-state index is 0.836. The van der Waals surface area contributed by atoms with Crippen LogP contribution in [-0.2, 0) is 0 Å². The van der Waals surface area contributed by atoms with Crippen molar-refractivity contribution < 1.29 is 0 Å². The number of pyridine rings is 1. The van der Waals surface area contributed by atoms with Crippen molar-refractivity contribution in [2.75, 3.05) is 0 Å². The van der Waals surface area contributed by atoms with Gasteiger partial charge in [0.15, 0.2) is 0 Å². The van der Waals surface area contributed by atoms with Gasteiger partial charge in [0, 0.05) is 29.7 Å². The summed E-state index contributed by atoms with van der Waals surface area (Å²) in [4.78, 5) is 11.7. The molecule has 92 valence electrons. The van der Waals surface area contributed by atoms with E-state index in [0.717, 1.165) is 22.6 Å². The summed E-state index contributed by atoms with van der Waals surface area (Å²) in [5.74, 6) is 0.836. The molecule has 0 aliphatic carbocycles. The molecule has 0 fully saturated rings. The first-order valence-corrected chi connectivity index (χ1v) is 6.11. The highest BCUT2D eigenvalue weighted by Gasteiger charge is 2.02. The summed E-state index contributed by atoms with van der Waals surface area (Å²) < 4.78 is 0. The van der Waals surface area contributed by atoms with Gasteiger partial charge in [0.05, 0.1) is 5.69 Å². The average molecular weight is 247 g/mol. The Balaban J connectivity index is 1.99. The Kier molecular flexibility index (Phi) is 3.19. The largest absolute Gasteiger partial charge is 0.345 e. The van der Waals surface area contributed by atoms with Crippen LogP contribution < -0.4 is 0 Å². The fourth-order valence-electron chi connectivity index (χ4n) is 1.93. The van der Waals surface area contributed by atoms with E-state index in [-0.39, 0.29) is 0 Å². The lowest BCUT2D eigenvalue weighted by Crippen LogP contribution is -1.87. The van der Waals surface area contributed by atoms with Crippen LogP contribution in [0, 0.1) is 0 Å². The van der Waals surface area contributed by atoms with Gasteiger partial charge in [-0.2, -0.15) is 0 Å². The molecule has 0 saturated carbocycles. The van der Waals surface area contributed by atoms with Crippen LogP contribution in [0.5, 0.6) is 0 Å². The van der Waals surface area contributed by atoms with Crippen LogP contribution in [0.2, 0.25) is 0 Å². The van der Waals surface area contributed by atoms with Crippen molar-refractivity contribution in [3.8, 4) is 11.3 Å². The second-order valence-corrected chi connectivity index (χ2v) is 4.12. The van der Waals surface area contributed by atoms with Crippen molar-refractivity contribution in [3.63, 3.8) is 0 Å². The van der Waals surface area contributed by atoms with Gasteiger partial charge >= 0.3 is 0 Å². The number of hydrogen-bond acceptors (Lipinski definition) is 2. The molecule has 19 heavy (non-hydrogen) atoms. The molecule has 0 aliphatic heterocycles. The predicted molar refractivity (Wildman–Crippen MR) is 77.2 cm³/mol. The van der Waals surface area contributed by atoms with Crippen LogP contribution in [0.25, 0.3) is 23.4 Å². The van der Waals surface area contributed by atoms with E-state index in [2.05, 4.69) is 33.2 Å². The number of nitrogens with zero attached hydrogens (tertiary/aromatic N) is 2. The molecule has 0 unspecified atom stereocenters. The summed E-state index contributed by atoms with van der Waals surface area (Å²) >= 11 is 0. The molecule has 3 aromatic rings. The molecule has 0 amide bonds. The highest BCUT2D eigenvalue weighted by molar-refractivity contribution is 5.77. The molecular formula is C16H13N3. The van der Waals surface area contributed by atoms with Crippen molar-refractivity contribution in [2.45, 2.75) is 0 Å². The fourth-order valence-corrected chi connectivity index (χ4v) is 1.93. The van der Waals surface area contributed by atoms with Crippen molar-refractivity contribution in [2.24, 2.45) is 0 Å². The third kappa shape index (κ3) is 2.60. The Morgan fingerprint density at radius 3 is 2.53 bits per heavy atom. The molecule has 3 nitrogen and oxygen atoms in total. The quantitative estimate of drug-likeness (QED) is 0.767. The highest BCUT2D eigenvalue weighted by Crippen LogP contribution is 2.22. The lowest BCUT2D eigenvalue weighted by atomic mass is 10.1. The van der Waals surface area contributed by atoms with Crippen molar-refractivity contribution >= 4 is 12.2 Å². The van der Waals surface area contributed by atoms with E-state index >= 15 is 0 Å². The third-order valence-electron chi connectivity index (χ3n) is 2.83. The highest BCUT2D eigenvalue weighted by atomic mass is 14.9. The van der Waals surface area contributed by atoms with E-state index in [0.29, 0.717) is 0 Å². The number of aromatic amines is 1. The van der Waals surface area contributed by atoms with E-state index < -0.39 is 0 Å². The second-order valence-electron chi connectivity index (χ2n) is 4.12. The van der Waals surface area contributed by atoms with Gasteiger partial charge in [-0.25, -0.2) is 4.98 Å². The molecule has 0 aliphatic rings. The molecule has 0 bridgehead atoms.